The lowest BCUT2D eigenvalue weighted by Gasteiger charge is -2.37. The van der Waals surface area contributed by atoms with Crippen molar-refractivity contribution in [3.05, 3.63) is 94.8 Å². The highest BCUT2D eigenvalue weighted by Crippen LogP contribution is 2.42. The van der Waals surface area contributed by atoms with E-state index < -0.39 is 6.04 Å². The second kappa shape index (κ2) is 9.28. The molecule has 4 heterocycles. The largest absolute Gasteiger partial charge is 0.492 e. The highest BCUT2D eigenvalue weighted by Gasteiger charge is 2.33. The molecule has 0 radical (unpaired) electrons. The molecule has 1 aliphatic heterocycles. The maximum absolute atomic E-state index is 15.1. The molecule has 5 aromatic rings. The number of likely N-dealkylation sites (tertiary alicyclic amines) is 1. The van der Waals surface area contributed by atoms with Gasteiger partial charge < -0.3 is 9.52 Å². The van der Waals surface area contributed by atoms with Crippen LogP contribution in [0.25, 0.3) is 16.5 Å². The van der Waals surface area contributed by atoms with Gasteiger partial charge >= 0.3 is 0 Å². The van der Waals surface area contributed by atoms with Crippen molar-refractivity contribution in [3.8, 4) is 17.5 Å². The van der Waals surface area contributed by atoms with E-state index in [1.165, 1.54) is 27.5 Å². The molecule has 3 aromatic heterocycles. The number of aromatic hydroxyl groups is 1. The lowest BCUT2D eigenvalue weighted by atomic mass is 9.88. The summed E-state index contributed by atoms with van der Waals surface area (Å²) >= 11 is 1.34. The van der Waals surface area contributed by atoms with Crippen LogP contribution in [-0.2, 0) is 6.42 Å². The van der Waals surface area contributed by atoms with Crippen molar-refractivity contribution in [1.82, 2.24) is 19.5 Å². The number of furan rings is 1. The van der Waals surface area contributed by atoms with Gasteiger partial charge in [0.1, 0.15) is 5.82 Å². The van der Waals surface area contributed by atoms with Crippen molar-refractivity contribution in [1.29, 1.82) is 0 Å². The molecule has 2 aromatic carbocycles. The van der Waals surface area contributed by atoms with E-state index in [1.54, 1.807) is 30.5 Å². The number of rotatable bonds is 6. The summed E-state index contributed by atoms with van der Waals surface area (Å²) in [5.74, 6) is 1.25. The Kier molecular flexibility index (Phi) is 5.83. The number of thiazole rings is 1. The monoisotopic (exact) mass is 488 g/mol. The molecule has 1 atom stereocenters. The van der Waals surface area contributed by atoms with Crippen molar-refractivity contribution in [2.75, 3.05) is 13.1 Å². The molecular weight excluding hydrogens is 463 g/mol. The Morgan fingerprint density at radius 2 is 1.80 bits per heavy atom. The molecule has 1 aliphatic rings. The summed E-state index contributed by atoms with van der Waals surface area (Å²) in [6.07, 6.45) is 4.65. The summed E-state index contributed by atoms with van der Waals surface area (Å²) in [7, 11) is 0. The van der Waals surface area contributed by atoms with E-state index in [1.807, 2.05) is 12.1 Å². The molecule has 0 spiro atoms. The van der Waals surface area contributed by atoms with Crippen LogP contribution >= 0.6 is 11.3 Å². The van der Waals surface area contributed by atoms with E-state index in [9.17, 15) is 5.11 Å². The molecule has 178 valence electrons. The van der Waals surface area contributed by atoms with Crippen LogP contribution in [-0.4, -0.2) is 37.7 Å². The lowest BCUT2D eigenvalue weighted by Crippen LogP contribution is -2.38. The average Bonchev–Trinajstić information content (AvgIpc) is 3.61. The molecule has 0 saturated carbocycles. The summed E-state index contributed by atoms with van der Waals surface area (Å²) < 4.78 is 21.9. The lowest BCUT2D eigenvalue weighted by molar-refractivity contribution is 0.148. The molecule has 8 heteroatoms. The Morgan fingerprint density at radius 1 is 1.03 bits per heavy atom. The third-order valence-electron chi connectivity index (χ3n) is 6.77. The van der Waals surface area contributed by atoms with Crippen molar-refractivity contribution in [2.24, 2.45) is 5.92 Å². The SMILES string of the molecule is Oc1c([C@@H](c2ccccc2F)N2CCC(Cc3ccccc3)CC2)sc2nc(-c3ccco3)nn12. The second-order valence-electron chi connectivity index (χ2n) is 8.99. The summed E-state index contributed by atoms with van der Waals surface area (Å²) in [5.41, 5.74) is 1.91. The molecule has 0 amide bonds. The van der Waals surface area contributed by atoms with E-state index >= 15 is 4.39 Å². The van der Waals surface area contributed by atoms with E-state index in [0.29, 0.717) is 32.9 Å². The van der Waals surface area contributed by atoms with Gasteiger partial charge in [0, 0.05) is 5.56 Å². The Bertz CT molecular complexity index is 1420. The van der Waals surface area contributed by atoms with Crippen LogP contribution in [0.3, 0.4) is 0 Å². The summed E-state index contributed by atoms with van der Waals surface area (Å²) in [6.45, 7) is 1.64. The Labute approximate surface area is 206 Å². The zero-order valence-corrected chi connectivity index (χ0v) is 19.9. The maximum Gasteiger partial charge on any atom is 0.230 e. The summed E-state index contributed by atoms with van der Waals surface area (Å²) in [5, 5.41) is 15.6. The van der Waals surface area contributed by atoms with Crippen LogP contribution in [0.2, 0.25) is 0 Å². The molecule has 0 bridgehead atoms. The minimum atomic E-state index is -0.408. The van der Waals surface area contributed by atoms with Crippen molar-refractivity contribution in [2.45, 2.75) is 25.3 Å². The number of aromatic nitrogens is 3. The normalized spacial score (nSPS) is 16.1. The second-order valence-corrected chi connectivity index (χ2v) is 10.00. The highest BCUT2D eigenvalue weighted by molar-refractivity contribution is 7.17. The Balaban J connectivity index is 1.31. The Morgan fingerprint density at radius 3 is 2.51 bits per heavy atom. The van der Waals surface area contributed by atoms with Gasteiger partial charge in [-0.1, -0.05) is 59.9 Å². The number of benzene rings is 2. The standard InChI is InChI=1S/C27H25FN4O2S/c28-21-10-5-4-9-20(21)23(31-14-12-19(13-15-31)17-18-7-2-1-3-8-18)24-26(33)32-27(35-24)29-25(30-32)22-11-6-16-34-22/h1-11,16,19,23,33H,12-15,17H2/t23-/m1/s1. The van der Waals surface area contributed by atoms with Gasteiger partial charge in [0.2, 0.25) is 16.7 Å². The van der Waals surface area contributed by atoms with Gasteiger partial charge in [-0.25, -0.2) is 4.39 Å². The fraction of sp³-hybridized carbons (Fsp3) is 0.259. The van der Waals surface area contributed by atoms with Crippen molar-refractivity contribution < 1.29 is 13.9 Å². The van der Waals surface area contributed by atoms with Crippen LogP contribution in [0, 0.1) is 11.7 Å². The van der Waals surface area contributed by atoms with Crippen LogP contribution in [0.5, 0.6) is 5.88 Å². The number of halogens is 1. The molecular formula is C27H25FN4O2S. The molecule has 0 aliphatic carbocycles. The van der Waals surface area contributed by atoms with Gasteiger partial charge in [-0.2, -0.15) is 9.50 Å². The third kappa shape index (κ3) is 4.24. The molecule has 0 unspecified atom stereocenters. The van der Waals surface area contributed by atoms with E-state index in [4.69, 9.17) is 4.42 Å². The summed E-state index contributed by atoms with van der Waals surface area (Å²) in [6, 6.07) is 20.5. The quantitative estimate of drug-likeness (QED) is 0.320. The molecule has 35 heavy (non-hydrogen) atoms. The maximum atomic E-state index is 15.1. The van der Waals surface area contributed by atoms with Gasteiger partial charge in [-0.05, 0) is 62.0 Å². The fourth-order valence-corrected chi connectivity index (χ4v) is 6.11. The molecule has 1 saturated heterocycles. The Hall–Kier alpha value is -3.49. The third-order valence-corrected chi connectivity index (χ3v) is 7.84. The molecule has 1 fully saturated rings. The smallest absolute Gasteiger partial charge is 0.230 e. The fourth-order valence-electron chi connectivity index (χ4n) is 5.00. The first-order chi connectivity index (χ1) is 17.2. The zero-order chi connectivity index (χ0) is 23.8. The minimum Gasteiger partial charge on any atom is -0.492 e. The number of fused-ring (bicyclic) bond motifs is 1. The number of nitrogens with zero attached hydrogens (tertiary/aromatic N) is 4. The molecule has 6 rings (SSSR count). The predicted octanol–water partition coefficient (Wildman–Crippen LogP) is 5.94. The van der Waals surface area contributed by atoms with Gasteiger partial charge in [-0.3, -0.25) is 4.90 Å². The van der Waals surface area contributed by atoms with Crippen molar-refractivity contribution in [3.63, 3.8) is 0 Å². The number of hydrogen-bond donors (Lipinski definition) is 1. The topological polar surface area (TPSA) is 66.8 Å². The van der Waals surface area contributed by atoms with Gasteiger partial charge in [0.15, 0.2) is 5.76 Å². The van der Waals surface area contributed by atoms with Gasteiger partial charge in [-0.15, -0.1) is 5.10 Å². The van der Waals surface area contributed by atoms with Crippen molar-refractivity contribution >= 4 is 16.3 Å². The first kappa shape index (κ1) is 22.0. The van der Waals surface area contributed by atoms with E-state index in [0.717, 1.165) is 32.4 Å². The highest BCUT2D eigenvalue weighted by atomic mass is 32.1. The zero-order valence-electron chi connectivity index (χ0n) is 19.0. The minimum absolute atomic E-state index is 0.00466. The van der Waals surface area contributed by atoms with E-state index in [-0.39, 0.29) is 11.7 Å². The first-order valence-electron chi connectivity index (χ1n) is 11.8. The number of piperidine rings is 1. The van der Waals surface area contributed by atoms with Crippen LogP contribution in [0.15, 0.2) is 77.4 Å². The van der Waals surface area contributed by atoms with Crippen LogP contribution < -0.4 is 0 Å². The van der Waals surface area contributed by atoms with Gasteiger partial charge in [0.25, 0.3) is 0 Å². The predicted molar refractivity (Wildman–Crippen MR) is 133 cm³/mol. The van der Waals surface area contributed by atoms with Crippen LogP contribution in [0.1, 0.15) is 34.9 Å². The molecule has 6 nitrogen and oxygen atoms in total. The first-order valence-corrected chi connectivity index (χ1v) is 12.6. The average molecular weight is 489 g/mol. The summed E-state index contributed by atoms with van der Waals surface area (Å²) in [4.78, 5) is 8.02. The van der Waals surface area contributed by atoms with Gasteiger partial charge in [0.05, 0.1) is 17.2 Å². The van der Waals surface area contributed by atoms with Crippen LogP contribution in [0.4, 0.5) is 4.39 Å². The number of hydrogen-bond acceptors (Lipinski definition) is 6. The molecule has 1 N–H and O–H groups in total. The van der Waals surface area contributed by atoms with E-state index in [2.05, 4.69) is 39.2 Å².